The van der Waals surface area contributed by atoms with Gasteiger partial charge in [-0.25, -0.2) is 4.99 Å². The summed E-state index contributed by atoms with van der Waals surface area (Å²) in [5.41, 5.74) is 0. The molecule has 2 nitrogen and oxygen atoms in total. The summed E-state index contributed by atoms with van der Waals surface area (Å²) in [5.74, 6) is 0. The maximum atomic E-state index is 4.43. The predicted molar refractivity (Wildman–Crippen MR) is 14.4 cm³/mol. The van der Waals surface area contributed by atoms with Crippen molar-refractivity contribution in [2.75, 3.05) is 6.73 Å². The van der Waals surface area contributed by atoms with Crippen LogP contribution in [0.1, 0.15) is 0 Å². The van der Waals surface area contributed by atoms with Crippen LogP contribution in [0.3, 0.4) is 0 Å². The number of hydrogen-bond acceptors (Lipinski definition) is 2. The smallest absolute Gasteiger partial charge is 0.183 e. The Labute approximate surface area is 24.1 Å². The summed E-state index contributed by atoms with van der Waals surface area (Å²) >= 11 is 0. The number of hydrogen-bond donors (Lipinski definition) is 0. The van der Waals surface area contributed by atoms with Crippen LogP contribution < -0.4 is 0 Å². The predicted octanol–water partition coefficient (Wildman–Crippen LogP) is 0.00240. The van der Waals surface area contributed by atoms with E-state index in [1.54, 1.807) is 0 Å². The number of nitrogens with zero attached hydrogens (tertiary/aromatic N) is 1. The normalized spacial score (nSPS) is 18.0. The Morgan fingerprint density at radius 2 is 2.25 bits per heavy atom. The maximum absolute atomic E-state index is 4.43. The minimum absolute atomic E-state index is 0.569. The Kier molecular flexibility index (Phi) is 0.195. The van der Waals surface area contributed by atoms with E-state index >= 15 is 0 Å². The van der Waals surface area contributed by atoms with Gasteiger partial charge in [0.05, 0.1) is 0 Å². The minimum Gasteiger partial charge on any atom is -0.461 e. The van der Waals surface area contributed by atoms with Crippen molar-refractivity contribution >= 4 is 6.40 Å². The molecule has 0 fully saturated rings. The Bertz CT molecular complexity index is 35.3. The first-order valence-electron chi connectivity index (χ1n) is 1.10. The summed E-state index contributed by atoms with van der Waals surface area (Å²) in [7, 11) is 0. The van der Waals surface area contributed by atoms with Gasteiger partial charge in [-0.3, -0.25) is 0 Å². The van der Waals surface area contributed by atoms with Crippen LogP contribution >= 0.6 is 0 Å². The van der Waals surface area contributed by atoms with Gasteiger partial charge in [0.2, 0.25) is 0 Å². The molecule has 0 atom stereocenters. The van der Waals surface area contributed by atoms with Gasteiger partial charge in [0, 0.05) is 0 Å². The third-order valence-corrected chi connectivity index (χ3v) is 0.298. The molecule has 1 aliphatic rings. The fourth-order valence-electron chi connectivity index (χ4n) is 0.0745. The first kappa shape index (κ1) is 1.76. The fraction of sp³-hybridized carbons (Fsp3) is 0.500. The summed E-state index contributed by atoms with van der Waals surface area (Å²) < 4.78 is 4.43. The van der Waals surface area contributed by atoms with Gasteiger partial charge in [-0.1, -0.05) is 0 Å². The van der Waals surface area contributed by atoms with Gasteiger partial charge in [0.15, 0.2) is 13.1 Å². The Hall–Kier alpha value is -0.530. The van der Waals surface area contributed by atoms with Crippen LogP contribution in [0, 0.1) is 0 Å². The van der Waals surface area contributed by atoms with E-state index in [0.717, 1.165) is 0 Å². The molecule has 22 valence electrons. The van der Waals surface area contributed by atoms with Crippen molar-refractivity contribution in [1.29, 1.82) is 0 Å². The van der Waals surface area contributed by atoms with E-state index in [9.17, 15) is 0 Å². The van der Waals surface area contributed by atoms with Crippen LogP contribution in [0.2, 0.25) is 0 Å². The van der Waals surface area contributed by atoms with Crippen LogP contribution in [0.15, 0.2) is 4.99 Å². The van der Waals surface area contributed by atoms with Crippen molar-refractivity contribution < 1.29 is 4.74 Å². The maximum Gasteiger partial charge on any atom is 0.183 e. The van der Waals surface area contributed by atoms with Crippen molar-refractivity contribution in [1.82, 2.24) is 0 Å². The van der Waals surface area contributed by atoms with Crippen molar-refractivity contribution in [2.45, 2.75) is 0 Å². The summed E-state index contributed by atoms with van der Waals surface area (Å²) in [6, 6.07) is 0. The molecule has 0 aromatic carbocycles. The zero-order chi connectivity index (χ0) is 2.83. The topological polar surface area (TPSA) is 21.6 Å². The van der Waals surface area contributed by atoms with Gasteiger partial charge in [-0.2, -0.15) is 0 Å². The van der Waals surface area contributed by atoms with E-state index in [2.05, 4.69) is 9.73 Å². The first-order chi connectivity index (χ1) is 2.00. The zero-order valence-corrected chi connectivity index (χ0v) is 2.14. The average Bonchev–Trinajstić information content (AvgIpc) is 0.722. The van der Waals surface area contributed by atoms with Gasteiger partial charge in [-0.15, -0.1) is 0 Å². The highest BCUT2D eigenvalue weighted by molar-refractivity contribution is 5.49. The van der Waals surface area contributed by atoms with Gasteiger partial charge >= 0.3 is 0 Å². The first-order valence-corrected chi connectivity index (χ1v) is 1.10. The minimum atomic E-state index is 0.569. The van der Waals surface area contributed by atoms with Gasteiger partial charge in [0.1, 0.15) is 0 Å². The second-order valence-corrected chi connectivity index (χ2v) is 0.584. The van der Waals surface area contributed by atoms with E-state index in [0.29, 0.717) is 6.73 Å². The largest absolute Gasteiger partial charge is 0.461 e. The number of rotatable bonds is 0. The zero-order valence-electron chi connectivity index (χ0n) is 2.14. The van der Waals surface area contributed by atoms with Crippen LogP contribution in [-0.2, 0) is 4.74 Å². The molecule has 0 unspecified atom stereocenters. The summed E-state index contributed by atoms with van der Waals surface area (Å²) in [5, 5.41) is 0. The highest BCUT2D eigenvalue weighted by atomic mass is 16.5. The number of ether oxygens (including phenoxy) is 1. The summed E-state index contributed by atoms with van der Waals surface area (Å²) in [6.07, 6.45) is 1.43. The van der Waals surface area contributed by atoms with Crippen molar-refractivity contribution in [3.63, 3.8) is 0 Å². The molecule has 4 heavy (non-hydrogen) atoms. The molecular formula is C2H3NO. The lowest BCUT2D eigenvalue weighted by Crippen LogP contribution is -1.97. The van der Waals surface area contributed by atoms with Crippen LogP contribution in [0.4, 0.5) is 0 Å². The molecule has 0 aromatic heterocycles. The molecule has 2 heteroatoms. The third kappa shape index (κ3) is 0.0270. The standard InChI is InChI=1S/C2H3NO/c1-3-2-4-1/h1H,2H2. The van der Waals surface area contributed by atoms with Crippen LogP contribution in [-0.4, -0.2) is 13.1 Å². The van der Waals surface area contributed by atoms with Crippen molar-refractivity contribution in [3.8, 4) is 0 Å². The molecular weight excluding hydrogens is 54.0 g/mol. The highest BCUT2D eigenvalue weighted by Crippen LogP contribution is 1.78. The lowest BCUT2D eigenvalue weighted by Gasteiger charge is -1.98. The average molecular weight is 57.1 g/mol. The molecule has 1 rings (SSSR count). The SMILES string of the molecule is C1=NCO1. The second-order valence-electron chi connectivity index (χ2n) is 0.584. The van der Waals surface area contributed by atoms with Crippen molar-refractivity contribution in [3.05, 3.63) is 0 Å². The van der Waals surface area contributed by atoms with E-state index in [-0.39, 0.29) is 0 Å². The van der Waals surface area contributed by atoms with Crippen molar-refractivity contribution in [2.24, 2.45) is 4.99 Å². The highest BCUT2D eigenvalue weighted by Gasteiger charge is 1.80. The third-order valence-electron chi connectivity index (χ3n) is 0.298. The van der Waals surface area contributed by atoms with Crippen LogP contribution in [0.25, 0.3) is 0 Å². The second kappa shape index (κ2) is 0.443. The van der Waals surface area contributed by atoms with E-state index < -0.39 is 0 Å². The molecule has 0 saturated heterocycles. The molecule has 0 radical (unpaired) electrons. The molecule has 0 saturated carbocycles. The molecule has 1 aliphatic heterocycles. The summed E-state index contributed by atoms with van der Waals surface area (Å²) in [4.78, 5) is 3.57. The molecule has 0 aromatic rings. The quantitative estimate of drug-likeness (QED) is 0.383. The lowest BCUT2D eigenvalue weighted by atomic mass is 11.1. The van der Waals surface area contributed by atoms with Crippen LogP contribution in [0.5, 0.6) is 0 Å². The van der Waals surface area contributed by atoms with E-state index in [1.165, 1.54) is 6.40 Å². The molecule has 0 spiro atoms. The molecule has 0 amide bonds. The summed E-state index contributed by atoms with van der Waals surface area (Å²) in [6.45, 7) is 0.569. The fourth-order valence-corrected chi connectivity index (χ4v) is 0.0745. The molecule has 0 bridgehead atoms. The van der Waals surface area contributed by atoms with E-state index in [4.69, 9.17) is 0 Å². The van der Waals surface area contributed by atoms with Gasteiger partial charge < -0.3 is 4.74 Å². The Balaban J connectivity index is 2.47. The molecule has 0 N–H and O–H groups in total. The van der Waals surface area contributed by atoms with Gasteiger partial charge in [0.25, 0.3) is 0 Å². The Morgan fingerprint density at radius 1 is 2.00 bits per heavy atom. The van der Waals surface area contributed by atoms with Gasteiger partial charge in [-0.05, 0) is 0 Å². The number of aliphatic imine (C=N–C) groups is 1. The molecule has 0 aliphatic carbocycles. The van der Waals surface area contributed by atoms with E-state index in [1.807, 2.05) is 0 Å². The lowest BCUT2D eigenvalue weighted by molar-refractivity contribution is 0.282. The monoisotopic (exact) mass is 57.0 g/mol. The Morgan fingerprint density at radius 3 is 2.25 bits per heavy atom. The molecule has 1 heterocycles.